The fourth-order valence-electron chi connectivity index (χ4n) is 3.59. The summed E-state index contributed by atoms with van der Waals surface area (Å²) in [7, 11) is 0. The zero-order valence-corrected chi connectivity index (χ0v) is 15.7. The Kier molecular flexibility index (Phi) is 5.48. The summed E-state index contributed by atoms with van der Waals surface area (Å²) in [6.45, 7) is 10.3. The van der Waals surface area contributed by atoms with E-state index in [0.717, 1.165) is 50.4 Å². The molecule has 1 aliphatic heterocycles. The zero-order chi connectivity index (χ0) is 17.9. The lowest BCUT2D eigenvalue weighted by Gasteiger charge is -2.34. The van der Waals surface area contributed by atoms with Crippen LogP contribution in [-0.4, -0.2) is 32.1 Å². The molecule has 136 valence electrons. The standard InChI is InChI=1S/C21H30N2O2/c1-21(2,3)17-4-9-20(24)16(14-17)15-22-18-5-7-19(8-6-18)23-10-12-25-13-11-23/h5-8,15,17,22H,4,9-14H2,1-3H3/b16-15+/t17-/m1/s1. The molecular weight excluding hydrogens is 312 g/mol. The molecule has 2 fully saturated rings. The summed E-state index contributed by atoms with van der Waals surface area (Å²) < 4.78 is 5.40. The summed E-state index contributed by atoms with van der Waals surface area (Å²) in [6, 6.07) is 8.42. The van der Waals surface area contributed by atoms with Gasteiger partial charge in [-0.05, 0) is 48.4 Å². The summed E-state index contributed by atoms with van der Waals surface area (Å²) in [5, 5.41) is 3.32. The lowest BCUT2D eigenvalue weighted by Crippen LogP contribution is -2.36. The number of hydrogen-bond donors (Lipinski definition) is 1. The smallest absolute Gasteiger partial charge is 0.160 e. The van der Waals surface area contributed by atoms with Crippen molar-refractivity contribution in [1.29, 1.82) is 0 Å². The molecule has 1 aromatic rings. The largest absolute Gasteiger partial charge is 0.378 e. The van der Waals surface area contributed by atoms with Gasteiger partial charge in [0.15, 0.2) is 5.78 Å². The first kappa shape index (κ1) is 18.0. The number of Topliss-reactive ketones (excluding diaryl/α,β-unsaturated/α-hetero) is 1. The molecule has 1 saturated heterocycles. The van der Waals surface area contributed by atoms with Crippen molar-refractivity contribution < 1.29 is 9.53 Å². The van der Waals surface area contributed by atoms with Gasteiger partial charge in [-0.25, -0.2) is 0 Å². The maximum Gasteiger partial charge on any atom is 0.160 e. The first-order chi connectivity index (χ1) is 11.9. The molecule has 3 rings (SSSR count). The van der Waals surface area contributed by atoms with Crippen molar-refractivity contribution in [2.45, 2.75) is 40.0 Å². The highest BCUT2D eigenvalue weighted by molar-refractivity contribution is 5.96. The van der Waals surface area contributed by atoms with Gasteiger partial charge in [-0.2, -0.15) is 0 Å². The van der Waals surface area contributed by atoms with Crippen molar-refractivity contribution in [2.24, 2.45) is 11.3 Å². The predicted octanol–water partition coefficient (Wildman–Crippen LogP) is 4.23. The number of hydrogen-bond acceptors (Lipinski definition) is 4. The van der Waals surface area contributed by atoms with Gasteiger partial charge in [-0.1, -0.05) is 20.8 Å². The molecule has 4 heteroatoms. The van der Waals surface area contributed by atoms with E-state index >= 15 is 0 Å². The quantitative estimate of drug-likeness (QED) is 0.835. The van der Waals surface area contributed by atoms with Crippen LogP contribution in [0, 0.1) is 11.3 Å². The maximum absolute atomic E-state index is 12.2. The average Bonchev–Trinajstić information content (AvgIpc) is 2.61. The second-order valence-electron chi connectivity index (χ2n) is 8.19. The van der Waals surface area contributed by atoms with Crippen molar-refractivity contribution in [3.8, 4) is 0 Å². The number of allylic oxidation sites excluding steroid dienone is 1. The molecule has 1 aromatic carbocycles. The third-order valence-electron chi connectivity index (χ3n) is 5.43. The highest BCUT2D eigenvalue weighted by atomic mass is 16.5. The SMILES string of the molecule is CC(C)(C)[C@@H]1CCC(=O)/C(=C/Nc2ccc(N3CCOCC3)cc2)C1. The summed E-state index contributed by atoms with van der Waals surface area (Å²) in [5.74, 6) is 0.861. The summed E-state index contributed by atoms with van der Waals surface area (Å²) in [5.41, 5.74) is 3.43. The van der Waals surface area contributed by atoms with Crippen LogP contribution in [0.2, 0.25) is 0 Å². The first-order valence-corrected chi connectivity index (χ1v) is 9.35. The lowest BCUT2D eigenvalue weighted by molar-refractivity contribution is -0.117. The number of carbonyl (C=O) groups excluding carboxylic acids is 1. The van der Waals surface area contributed by atoms with Crippen LogP contribution in [0.3, 0.4) is 0 Å². The Morgan fingerprint density at radius 2 is 1.84 bits per heavy atom. The fraction of sp³-hybridized carbons (Fsp3) is 0.571. The van der Waals surface area contributed by atoms with E-state index in [1.165, 1.54) is 5.69 Å². The topological polar surface area (TPSA) is 41.6 Å². The normalized spacial score (nSPS) is 23.8. The van der Waals surface area contributed by atoms with E-state index in [2.05, 4.69) is 55.3 Å². The van der Waals surface area contributed by atoms with Crippen LogP contribution in [0.5, 0.6) is 0 Å². The second-order valence-corrected chi connectivity index (χ2v) is 8.19. The van der Waals surface area contributed by atoms with Gasteiger partial charge in [0.2, 0.25) is 0 Å². The van der Waals surface area contributed by atoms with Crippen LogP contribution in [-0.2, 0) is 9.53 Å². The van der Waals surface area contributed by atoms with Crippen LogP contribution >= 0.6 is 0 Å². The van der Waals surface area contributed by atoms with E-state index in [0.29, 0.717) is 12.3 Å². The van der Waals surface area contributed by atoms with Gasteiger partial charge < -0.3 is 15.0 Å². The number of rotatable bonds is 3. The van der Waals surface area contributed by atoms with Gasteiger partial charge in [0.25, 0.3) is 0 Å². The molecule has 2 aliphatic rings. The van der Waals surface area contributed by atoms with Gasteiger partial charge in [0.05, 0.1) is 13.2 Å². The Morgan fingerprint density at radius 3 is 2.48 bits per heavy atom. The number of anilines is 2. The molecule has 25 heavy (non-hydrogen) atoms. The fourth-order valence-corrected chi connectivity index (χ4v) is 3.59. The van der Waals surface area contributed by atoms with Crippen LogP contribution in [0.25, 0.3) is 0 Å². The van der Waals surface area contributed by atoms with Gasteiger partial charge in [0.1, 0.15) is 0 Å². The zero-order valence-electron chi connectivity index (χ0n) is 15.7. The molecular formula is C21H30N2O2. The predicted molar refractivity (Wildman–Crippen MR) is 103 cm³/mol. The minimum atomic E-state index is 0.250. The van der Waals surface area contributed by atoms with Gasteiger partial charge in [-0.15, -0.1) is 0 Å². The van der Waals surface area contributed by atoms with Crippen molar-refractivity contribution in [3.05, 3.63) is 36.0 Å². The monoisotopic (exact) mass is 342 g/mol. The lowest BCUT2D eigenvalue weighted by atomic mass is 9.71. The summed E-state index contributed by atoms with van der Waals surface area (Å²) >= 11 is 0. The first-order valence-electron chi connectivity index (χ1n) is 9.35. The van der Waals surface area contributed by atoms with Crippen molar-refractivity contribution in [3.63, 3.8) is 0 Å². The van der Waals surface area contributed by atoms with E-state index < -0.39 is 0 Å². The Bertz CT molecular complexity index is 622. The molecule has 1 atom stereocenters. The molecule has 0 radical (unpaired) electrons. The summed E-state index contributed by atoms with van der Waals surface area (Å²) in [6.07, 6.45) is 4.48. The number of ketones is 1. The van der Waals surface area contributed by atoms with Crippen molar-refractivity contribution >= 4 is 17.2 Å². The number of nitrogens with zero attached hydrogens (tertiary/aromatic N) is 1. The molecule has 0 amide bonds. The van der Waals surface area contributed by atoms with E-state index in [1.807, 2.05) is 6.20 Å². The van der Waals surface area contributed by atoms with E-state index in [1.54, 1.807) is 0 Å². The second kappa shape index (κ2) is 7.61. The number of morpholine rings is 1. The van der Waals surface area contributed by atoms with E-state index in [-0.39, 0.29) is 11.2 Å². The Labute approximate surface area is 151 Å². The van der Waals surface area contributed by atoms with Crippen LogP contribution in [0.1, 0.15) is 40.0 Å². The van der Waals surface area contributed by atoms with Crippen LogP contribution < -0.4 is 10.2 Å². The molecule has 1 aliphatic carbocycles. The number of ether oxygens (including phenoxy) is 1. The summed E-state index contributed by atoms with van der Waals surface area (Å²) in [4.78, 5) is 14.6. The van der Waals surface area contributed by atoms with Crippen molar-refractivity contribution in [2.75, 3.05) is 36.5 Å². The maximum atomic E-state index is 12.2. The average molecular weight is 342 g/mol. The molecule has 1 heterocycles. The highest BCUT2D eigenvalue weighted by Crippen LogP contribution is 2.38. The molecule has 0 aromatic heterocycles. The molecule has 0 bridgehead atoms. The van der Waals surface area contributed by atoms with Crippen LogP contribution in [0.15, 0.2) is 36.0 Å². The Balaban J connectivity index is 1.63. The number of benzene rings is 1. The molecule has 1 N–H and O–H groups in total. The highest BCUT2D eigenvalue weighted by Gasteiger charge is 2.31. The molecule has 4 nitrogen and oxygen atoms in total. The third-order valence-corrected chi connectivity index (χ3v) is 5.43. The van der Waals surface area contributed by atoms with Gasteiger partial charge >= 0.3 is 0 Å². The Hall–Kier alpha value is -1.81. The number of nitrogens with one attached hydrogen (secondary N) is 1. The molecule has 0 unspecified atom stereocenters. The van der Waals surface area contributed by atoms with Gasteiger partial charge in [0, 0.05) is 42.7 Å². The minimum absolute atomic E-state index is 0.250. The van der Waals surface area contributed by atoms with E-state index in [4.69, 9.17) is 4.74 Å². The molecule has 1 saturated carbocycles. The van der Waals surface area contributed by atoms with Gasteiger partial charge in [-0.3, -0.25) is 4.79 Å². The molecule has 0 spiro atoms. The van der Waals surface area contributed by atoms with Crippen LogP contribution in [0.4, 0.5) is 11.4 Å². The van der Waals surface area contributed by atoms with E-state index in [9.17, 15) is 4.79 Å². The third kappa shape index (κ3) is 4.63. The Morgan fingerprint density at radius 1 is 1.16 bits per heavy atom. The minimum Gasteiger partial charge on any atom is -0.378 e. The van der Waals surface area contributed by atoms with Crippen molar-refractivity contribution in [1.82, 2.24) is 0 Å². The number of carbonyl (C=O) groups is 1.